The third-order valence-corrected chi connectivity index (χ3v) is 4.49. The molecule has 0 bridgehead atoms. The van der Waals surface area contributed by atoms with E-state index in [-0.39, 0.29) is 11.6 Å². The molecule has 3 atom stereocenters. The van der Waals surface area contributed by atoms with Crippen molar-refractivity contribution in [3.8, 4) is 0 Å². The minimum absolute atomic E-state index is 0.0844. The topological polar surface area (TPSA) is 21.6 Å². The number of rotatable bonds is 1. The van der Waals surface area contributed by atoms with Crippen LogP contribution in [0.5, 0.6) is 0 Å². The highest BCUT2D eigenvalue weighted by molar-refractivity contribution is 5.94. The minimum atomic E-state index is 0.0844. The molecule has 1 fully saturated rings. The zero-order chi connectivity index (χ0) is 12.6. The second-order valence-electron chi connectivity index (χ2n) is 5.82. The third kappa shape index (κ3) is 1.94. The van der Waals surface area contributed by atoms with Crippen molar-refractivity contribution in [3.63, 3.8) is 0 Å². The Kier molecular flexibility index (Phi) is 2.89. The normalized spacial score (nSPS) is 35.3. The van der Waals surface area contributed by atoms with E-state index in [9.17, 15) is 0 Å². The van der Waals surface area contributed by atoms with Crippen LogP contribution in [0.25, 0.3) is 0 Å². The lowest BCUT2D eigenvalue weighted by Crippen LogP contribution is -2.48. The number of hydrogen-bond acceptors (Lipinski definition) is 2. The van der Waals surface area contributed by atoms with Crippen LogP contribution in [0.2, 0.25) is 0 Å². The van der Waals surface area contributed by atoms with Crippen molar-refractivity contribution in [1.29, 1.82) is 0 Å². The summed E-state index contributed by atoms with van der Waals surface area (Å²) in [6.45, 7) is 4.50. The summed E-state index contributed by atoms with van der Waals surface area (Å²) in [6.07, 6.45) is 5.35. The van der Waals surface area contributed by atoms with Gasteiger partial charge in [0, 0.05) is 11.5 Å². The van der Waals surface area contributed by atoms with Crippen molar-refractivity contribution >= 4 is 5.90 Å². The van der Waals surface area contributed by atoms with Crippen LogP contribution in [-0.4, -0.2) is 17.5 Å². The number of hydrogen-bond donors (Lipinski definition) is 0. The maximum atomic E-state index is 6.06. The van der Waals surface area contributed by atoms with Crippen LogP contribution < -0.4 is 0 Å². The van der Waals surface area contributed by atoms with Crippen molar-refractivity contribution in [1.82, 2.24) is 0 Å². The molecule has 1 saturated carbocycles. The number of nitrogens with zero attached hydrogens (tertiary/aromatic N) is 1. The van der Waals surface area contributed by atoms with E-state index >= 15 is 0 Å². The zero-order valence-corrected chi connectivity index (χ0v) is 11.2. The molecule has 0 unspecified atom stereocenters. The first-order chi connectivity index (χ1) is 8.69. The first-order valence-corrected chi connectivity index (χ1v) is 7.01. The Bertz CT molecular complexity index is 453. The largest absolute Gasteiger partial charge is 0.474 e. The van der Waals surface area contributed by atoms with Crippen molar-refractivity contribution in [3.05, 3.63) is 35.9 Å². The molecular weight excluding hydrogens is 222 g/mol. The van der Waals surface area contributed by atoms with E-state index in [1.807, 2.05) is 18.2 Å². The molecule has 1 aliphatic heterocycles. The van der Waals surface area contributed by atoms with Gasteiger partial charge in [-0.1, -0.05) is 31.0 Å². The van der Waals surface area contributed by atoms with E-state index < -0.39 is 0 Å². The maximum absolute atomic E-state index is 6.06. The number of aliphatic imine (C=N–C) groups is 1. The van der Waals surface area contributed by atoms with Crippen molar-refractivity contribution in [2.75, 3.05) is 0 Å². The molecule has 0 spiro atoms. The number of fused-ring (bicyclic) bond motifs is 1. The van der Waals surface area contributed by atoms with Crippen molar-refractivity contribution in [2.24, 2.45) is 10.9 Å². The predicted molar refractivity (Wildman–Crippen MR) is 73.9 cm³/mol. The molecule has 1 aromatic rings. The van der Waals surface area contributed by atoms with E-state index in [4.69, 9.17) is 9.73 Å². The van der Waals surface area contributed by atoms with Gasteiger partial charge in [0.15, 0.2) is 0 Å². The molecule has 18 heavy (non-hydrogen) atoms. The van der Waals surface area contributed by atoms with Gasteiger partial charge in [-0.15, -0.1) is 0 Å². The lowest BCUT2D eigenvalue weighted by Gasteiger charge is -2.45. The summed E-state index contributed by atoms with van der Waals surface area (Å²) in [4.78, 5) is 4.95. The lowest BCUT2D eigenvalue weighted by molar-refractivity contribution is 0.0383. The second-order valence-corrected chi connectivity index (χ2v) is 5.82. The Morgan fingerprint density at radius 2 is 2.00 bits per heavy atom. The second kappa shape index (κ2) is 4.42. The maximum Gasteiger partial charge on any atom is 0.216 e. The third-order valence-electron chi connectivity index (χ3n) is 4.49. The molecule has 0 radical (unpaired) electrons. The van der Waals surface area contributed by atoms with Gasteiger partial charge in [-0.3, -0.25) is 0 Å². The minimum Gasteiger partial charge on any atom is -0.474 e. The molecule has 0 N–H and O–H groups in total. The van der Waals surface area contributed by atoms with Gasteiger partial charge in [-0.25, -0.2) is 4.99 Å². The molecule has 2 heteroatoms. The highest BCUT2D eigenvalue weighted by Gasteiger charge is 2.44. The smallest absolute Gasteiger partial charge is 0.216 e. The molecule has 0 saturated heterocycles. The first-order valence-electron chi connectivity index (χ1n) is 7.01. The quantitative estimate of drug-likeness (QED) is 0.735. The van der Waals surface area contributed by atoms with Gasteiger partial charge in [0.2, 0.25) is 5.90 Å². The first kappa shape index (κ1) is 11.8. The highest BCUT2D eigenvalue weighted by Crippen LogP contribution is 2.42. The molecule has 1 heterocycles. The molecular formula is C16H21NO. The summed E-state index contributed by atoms with van der Waals surface area (Å²) in [6, 6.07) is 10.3. The SMILES string of the molecule is C[C@H]1OC(c2ccccc2)=N[C@]2(C)CCCC[C@@H]12. The number of ether oxygens (including phenoxy) is 1. The fourth-order valence-electron chi connectivity index (χ4n) is 3.45. The average Bonchev–Trinajstić information content (AvgIpc) is 2.39. The monoisotopic (exact) mass is 243 g/mol. The van der Waals surface area contributed by atoms with Gasteiger partial charge in [0.05, 0.1) is 5.54 Å². The Morgan fingerprint density at radius 3 is 2.78 bits per heavy atom. The van der Waals surface area contributed by atoms with Gasteiger partial charge in [-0.2, -0.15) is 0 Å². The summed E-state index contributed by atoms with van der Waals surface area (Å²) < 4.78 is 6.06. The van der Waals surface area contributed by atoms with E-state index in [2.05, 4.69) is 26.0 Å². The standard InChI is InChI=1S/C16H21NO/c1-12-14-10-6-7-11-16(14,2)17-15(18-12)13-8-4-3-5-9-13/h3-5,8-9,12,14H,6-7,10-11H2,1-2H3/t12-,14+,16-/m1/s1. The van der Waals surface area contributed by atoms with E-state index in [0.29, 0.717) is 5.92 Å². The average molecular weight is 243 g/mol. The van der Waals surface area contributed by atoms with E-state index in [1.54, 1.807) is 0 Å². The van der Waals surface area contributed by atoms with E-state index in [1.165, 1.54) is 25.7 Å². The van der Waals surface area contributed by atoms with Crippen LogP contribution in [0.1, 0.15) is 45.1 Å². The van der Waals surface area contributed by atoms with Crippen LogP contribution >= 0.6 is 0 Å². The van der Waals surface area contributed by atoms with Crippen LogP contribution in [0.3, 0.4) is 0 Å². The van der Waals surface area contributed by atoms with Gasteiger partial charge in [0.1, 0.15) is 6.10 Å². The van der Waals surface area contributed by atoms with Crippen LogP contribution in [0.15, 0.2) is 35.3 Å². The molecule has 0 amide bonds. The molecule has 0 aromatic heterocycles. The zero-order valence-electron chi connectivity index (χ0n) is 11.2. The van der Waals surface area contributed by atoms with Gasteiger partial charge < -0.3 is 4.74 Å². The summed E-state index contributed by atoms with van der Waals surface area (Å²) in [5.41, 5.74) is 1.19. The Morgan fingerprint density at radius 1 is 1.22 bits per heavy atom. The summed E-state index contributed by atoms with van der Waals surface area (Å²) in [5, 5.41) is 0. The Hall–Kier alpha value is -1.31. The Balaban J connectivity index is 1.97. The molecule has 1 aromatic carbocycles. The lowest BCUT2D eigenvalue weighted by atomic mass is 9.71. The summed E-state index contributed by atoms with van der Waals surface area (Å²) in [5.74, 6) is 1.42. The van der Waals surface area contributed by atoms with E-state index in [0.717, 1.165) is 11.5 Å². The highest BCUT2D eigenvalue weighted by atomic mass is 16.5. The fourth-order valence-corrected chi connectivity index (χ4v) is 3.45. The Labute approximate surface area is 109 Å². The summed E-state index contributed by atoms with van der Waals surface area (Å²) >= 11 is 0. The molecule has 2 aliphatic rings. The number of benzene rings is 1. The van der Waals surface area contributed by atoms with Gasteiger partial charge in [-0.05, 0) is 38.8 Å². The van der Waals surface area contributed by atoms with Gasteiger partial charge >= 0.3 is 0 Å². The van der Waals surface area contributed by atoms with Crippen LogP contribution in [0.4, 0.5) is 0 Å². The molecule has 1 aliphatic carbocycles. The predicted octanol–water partition coefficient (Wildman–Crippen LogP) is 3.80. The molecule has 2 nitrogen and oxygen atoms in total. The van der Waals surface area contributed by atoms with Crippen LogP contribution in [0, 0.1) is 5.92 Å². The van der Waals surface area contributed by atoms with Crippen molar-refractivity contribution in [2.45, 2.75) is 51.2 Å². The van der Waals surface area contributed by atoms with Crippen molar-refractivity contribution < 1.29 is 4.74 Å². The van der Waals surface area contributed by atoms with Gasteiger partial charge in [0.25, 0.3) is 0 Å². The molecule has 96 valence electrons. The fraction of sp³-hybridized carbons (Fsp3) is 0.562. The molecule has 3 rings (SSSR count). The van der Waals surface area contributed by atoms with Crippen LogP contribution in [-0.2, 0) is 4.74 Å². The summed E-state index contributed by atoms with van der Waals surface area (Å²) in [7, 11) is 0.